The number of furan rings is 1. The zero-order chi connectivity index (χ0) is 13.1. The van der Waals surface area contributed by atoms with Gasteiger partial charge < -0.3 is 19.9 Å². The highest BCUT2D eigenvalue weighted by atomic mass is 16.4. The van der Waals surface area contributed by atoms with Gasteiger partial charge in [0.05, 0.1) is 17.5 Å². The summed E-state index contributed by atoms with van der Waals surface area (Å²) < 4.78 is 4.88. The molecule has 0 aliphatic carbocycles. The van der Waals surface area contributed by atoms with Gasteiger partial charge in [0.25, 0.3) is 5.91 Å². The molecule has 0 aliphatic rings. The van der Waals surface area contributed by atoms with Gasteiger partial charge in [-0.3, -0.25) is 4.79 Å². The maximum Gasteiger partial charge on any atom is 0.335 e. The number of aromatic hydroxyl groups is 1. The smallest absolute Gasteiger partial charge is 0.335 e. The van der Waals surface area contributed by atoms with Crippen molar-refractivity contribution >= 4 is 17.6 Å². The van der Waals surface area contributed by atoms with Crippen LogP contribution < -0.4 is 5.32 Å². The Bertz CT molecular complexity index is 589. The molecule has 92 valence electrons. The summed E-state index contributed by atoms with van der Waals surface area (Å²) in [5, 5.41) is 20.7. The van der Waals surface area contributed by atoms with Crippen LogP contribution in [0.4, 0.5) is 5.69 Å². The lowest BCUT2D eigenvalue weighted by Crippen LogP contribution is -2.11. The van der Waals surface area contributed by atoms with Crippen molar-refractivity contribution in [3.8, 4) is 5.75 Å². The van der Waals surface area contributed by atoms with Gasteiger partial charge in [0.15, 0.2) is 5.76 Å². The Hall–Kier alpha value is -2.76. The van der Waals surface area contributed by atoms with Gasteiger partial charge in [-0.05, 0) is 30.3 Å². The van der Waals surface area contributed by atoms with E-state index in [0.717, 1.165) is 6.07 Å². The molecular weight excluding hydrogens is 238 g/mol. The van der Waals surface area contributed by atoms with E-state index in [4.69, 9.17) is 9.52 Å². The minimum absolute atomic E-state index is 0.0662. The summed E-state index contributed by atoms with van der Waals surface area (Å²) in [6.45, 7) is 0. The van der Waals surface area contributed by atoms with Crippen LogP contribution in [0.15, 0.2) is 41.0 Å². The van der Waals surface area contributed by atoms with E-state index in [9.17, 15) is 14.7 Å². The summed E-state index contributed by atoms with van der Waals surface area (Å²) in [7, 11) is 0. The van der Waals surface area contributed by atoms with Gasteiger partial charge in [-0.15, -0.1) is 0 Å². The van der Waals surface area contributed by atoms with Gasteiger partial charge in [0.2, 0.25) is 0 Å². The van der Waals surface area contributed by atoms with Crippen molar-refractivity contribution in [3.05, 3.63) is 47.9 Å². The SMILES string of the molecule is O=C(O)c1ccc(NC(=O)c2ccco2)c(O)c1. The number of hydrogen-bond donors (Lipinski definition) is 3. The Balaban J connectivity index is 2.20. The third-order valence-electron chi connectivity index (χ3n) is 2.24. The molecule has 0 aliphatic heterocycles. The van der Waals surface area contributed by atoms with Crippen molar-refractivity contribution < 1.29 is 24.2 Å². The highest BCUT2D eigenvalue weighted by Gasteiger charge is 2.12. The van der Waals surface area contributed by atoms with Crippen molar-refractivity contribution in [1.29, 1.82) is 0 Å². The number of carbonyl (C=O) groups is 2. The molecule has 6 heteroatoms. The predicted octanol–water partition coefficient (Wildman–Crippen LogP) is 1.94. The summed E-state index contributed by atoms with van der Waals surface area (Å²) in [5.41, 5.74) is 0.0462. The predicted molar refractivity (Wildman–Crippen MR) is 61.7 cm³/mol. The topological polar surface area (TPSA) is 99.8 Å². The van der Waals surface area contributed by atoms with E-state index in [1.54, 1.807) is 6.07 Å². The highest BCUT2D eigenvalue weighted by Crippen LogP contribution is 2.24. The number of aromatic carboxylic acids is 1. The summed E-state index contributed by atoms with van der Waals surface area (Å²) in [6, 6.07) is 6.67. The van der Waals surface area contributed by atoms with Crippen LogP contribution in [0.25, 0.3) is 0 Å². The van der Waals surface area contributed by atoms with E-state index in [2.05, 4.69) is 5.32 Å². The normalized spacial score (nSPS) is 10.0. The first kappa shape index (κ1) is 11.7. The van der Waals surface area contributed by atoms with Crippen molar-refractivity contribution in [2.45, 2.75) is 0 Å². The van der Waals surface area contributed by atoms with Gasteiger partial charge in [-0.1, -0.05) is 0 Å². The molecule has 1 heterocycles. The van der Waals surface area contributed by atoms with Crippen LogP contribution in [0.2, 0.25) is 0 Å². The number of nitrogens with one attached hydrogen (secondary N) is 1. The molecule has 0 atom stereocenters. The van der Waals surface area contributed by atoms with Gasteiger partial charge >= 0.3 is 5.97 Å². The molecule has 0 bridgehead atoms. The molecule has 1 aromatic heterocycles. The second-order valence-electron chi connectivity index (χ2n) is 3.47. The summed E-state index contributed by atoms with van der Waals surface area (Å²) in [4.78, 5) is 22.3. The van der Waals surface area contributed by atoms with Crippen molar-refractivity contribution in [2.24, 2.45) is 0 Å². The van der Waals surface area contributed by atoms with E-state index in [-0.39, 0.29) is 22.8 Å². The molecule has 0 radical (unpaired) electrons. The molecule has 0 unspecified atom stereocenters. The van der Waals surface area contributed by atoms with Crippen LogP contribution in [0, 0.1) is 0 Å². The Morgan fingerprint density at radius 3 is 2.56 bits per heavy atom. The second kappa shape index (κ2) is 4.62. The van der Waals surface area contributed by atoms with E-state index < -0.39 is 11.9 Å². The number of rotatable bonds is 3. The minimum atomic E-state index is -1.16. The molecule has 18 heavy (non-hydrogen) atoms. The standard InChI is InChI=1S/C12H9NO5/c14-9-6-7(12(16)17)3-4-8(9)13-11(15)10-2-1-5-18-10/h1-6,14H,(H,13,15)(H,16,17). The first-order valence-corrected chi connectivity index (χ1v) is 4.99. The first-order valence-electron chi connectivity index (χ1n) is 4.99. The lowest BCUT2D eigenvalue weighted by atomic mass is 10.2. The van der Waals surface area contributed by atoms with Crippen LogP contribution in [0.1, 0.15) is 20.9 Å². The minimum Gasteiger partial charge on any atom is -0.506 e. The van der Waals surface area contributed by atoms with Crippen molar-refractivity contribution in [1.82, 2.24) is 0 Å². The molecule has 0 spiro atoms. The molecule has 3 N–H and O–H groups in total. The summed E-state index contributed by atoms with van der Waals surface area (Å²) in [5.74, 6) is -1.92. The molecular formula is C12H9NO5. The summed E-state index contributed by atoms with van der Waals surface area (Å²) >= 11 is 0. The number of benzene rings is 1. The Labute approximate surface area is 101 Å². The van der Waals surface area contributed by atoms with Crippen LogP contribution >= 0.6 is 0 Å². The molecule has 2 aromatic rings. The molecule has 0 saturated heterocycles. The maximum atomic E-state index is 11.6. The molecule has 0 saturated carbocycles. The summed E-state index contributed by atoms with van der Waals surface area (Å²) in [6.07, 6.45) is 1.35. The maximum absolute atomic E-state index is 11.6. The molecule has 6 nitrogen and oxygen atoms in total. The molecule has 0 fully saturated rings. The number of phenolic OH excluding ortho intramolecular Hbond substituents is 1. The fourth-order valence-electron chi connectivity index (χ4n) is 1.36. The molecule has 1 amide bonds. The third-order valence-corrected chi connectivity index (χ3v) is 2.24. The van der Waals surface area contributed by atoms with E-state index in [1.165, 1.54) is 24.5 Å². The zero-order valence-electron chi connectivity index (χ0n) is 9.08. The van der Waals surface area contributed by atoms with Crippen LogP contribution in [0.5, 0.6) is 5.75 Å². The Kier molecular flexibility index (Phi) is 3.01. The monoisotopic (exact) mass is 247 g/mol. The molecule has 2 rings (SSSR count). The molecule has 1 aromatic carbocycles. The Morgan fingerprint density at radius 1 is 1.22 bits per heavy atom. The van der Waals surface area contributed by atoms with Gasteiger partial charge in [-0.2, -0.15) is 0 Å². The van der Waals surface area contributed by atoms with Crippen LogP contribution in [-0.2, 0) is 0 Å². The number of carboxylic acid groups (broad SMARTS) is 1. The lowest BCUT2D eigenvalue weighted by molar-refractivity contribution is 0.0696. The number of hydrogen-bond acceptors (Lipinski definition) is 4. The Morgan fingerprint density at radius 2 is 2.00 bits per heavy atom. The fraction of sp³-hybridized carbons (Fsp3) is 0. The third kappa shape index (κ3) is 2.32. The largest absolute Gasteiger partial charge is 0.506 e. The zero-order valence-corrected chi connectivity index (χ0v) is 9.08. The number of carbonyl (C=O) groups excluding carboxylic acids is 1. The van der Waals surface area contributed by atoms with Crippen molar-refractivity contribution in [3.63, 3.8) is 0 Å². The van der Waals surface area contributed by atoms with Crippen molar-refractivity contribution in [2.75, 3.05) is 5.32 Å². The highest BCUT2D eigenvalue weighted by molar-refractivity contribution is 6.03. The van der Waals surface area contributed by atoms with E-state index in [1.807, 2.05) is 0 Å². The second-order valence-corrected chi connectivity index (χ2v) is 3.47. The number of phenols is 1. The van der Waals surface area contributed by atoms with Crippen LogP contribution in [-0.4, -0.2) is 22.1 Å². The van der Waals surface area contributed by atoms with Crippen LogP contribution in [0.3, 0.4) is 0 Å². The van der Waals surface area contributed by atoms with Gasteiger partial charge in [-0.25, -0.2) is 4.79 Å². The van der Waals surface area contributed by atoms with E-state index >= 15 is 0 Å². The number of carboxylic acids is 1. The average molecular weight is 247 g/mol. The first-order chi connectivity index (χ1) is 8.58. The fourth-order valence-corrected chi connectivity index (χ4v) is 1.36. The lowest BCUT2D eigenvalue weighted by Gasteiger charge is -2.06. The van der Waals surface area contributed by atoms with E-state index in [0.29, 0.717) is 0 Å². The quantitative estimate of drug-likeness (QED) is 0.719. The number of anilines is 1. The van der Waals surface area contributed by atoms with Gasteiger partial charge in [0.1, 0.15) is 5.75 Å². The number of amides is 1. The average Bonchev–Trinajstić information content (AvgIpc) is 2.85. The van der Waals surface area contributed by atoms with Gasteiger partial charge in [0, 0.05) is 0 Å².